The molecular weight excluding hydrogens is 546 g/mol. The molecule has 0 bridgehead atoms. The Morgan fingerprint density at radius 1 is 0.356 bits per heavy atom. The van der Waals surface area contributed by atoms with E-state index < -0.39 is 0 Å². The Bertz CT molecular complexity index is 2460. The summed E-state index contributed by atoms with van der Waals surface area (Å²) < 4.78 is 7.01. The van der Waals surface area contributed by atoms with E-state index in [0.29, 0.717) is 0 Å². The minimum Gasteiger partial charge on any atom is -0.455 e. The lowest BCUT2D eigenvalue weighted by atomic mass is 9.92. The zero-order valence-electron chi connectivity index (χ0n) is 24.4. The first-order valence-corrected chi connectivity index (χ1v) is 15.3. The number of rotatable bonds is 4. The van der Waals surface area contributed by atoms with Crippen LogP contribution in [-0.4, -0.2) is 4.98 Å². The Hall–Kier alpha value is -5.99. The number of para-hydroxylation sites is 2. The minimum atomic E-state index is 0.895. The summed E-state index contributed by atoms with van der Waals surface area (Å²) in [5.41, 5.74) is 11.7. The molecule has 9 rings (SSSR count). The highest BCUT2D eigenvalue weighted by molar-refractivity contribution is 6.25. The number of furan rings is 1. The van der Waals surface area contributed by atoms with Gasteiger partial charge in [-0.1, -0.05) is 133 Å². The second-order valence-corrected chi connectivity index (χ2v) is 11.5. The highest BCUT2D eigenvalue weighted by Gasteiger charge is 2.19. The number of benzene rings is 7. The number of pyridine rings is 1. The summed E-state index contributed by atoms with van der Waals surface area (Å²) in [7, 11) is 0. The molecule has 0 spiro atoms. The molecule has 0 saturated heterocycles. The van der Waals surface area contributed by atoms with E-state index in [2.05, 4.69) is 158 Å². The SMILES string of the molecule is c1ccc(-c2cc(-c3ccccc3)cc(-c3cccc4c3oc3c4ccc4c(-c5ccccc5)nc5ccccc5c43)c2)cc1. The number of aromatic nitrogens is 1. The van der Waals surface area contributed by atoms with Crippen LogP contribution < -0.4 is 0 Å². The summed E-state index contributed by atoms with van der Waals surface area (Å²) in [6, 6.07) is 57.8. The van der Waals surface area contributed by atoms with Crippen LogP contribution in [0.4, 0.5) is 0 Å². The summed E-state index contributed by atoms with van der Waals surface area (Å²) in [6.07, 6.45) is 0. The Morgan fingerprint density at radius 3 is 1.58 bits per heavy atom. The van der Waals surface area contributed by atoms with Gasteiger partial charge >= 0.3 is 0 Å². The van der Waals surface area contributed by atoms with Crippen molar-refractivity contribution < 1.29 is 4.42 Å². The average molecular weight is 574 g/mol. The summed E-state index contributed by atoms with van der Waals surface area (Å²) in [5, 5.41) is 5.50. The summed E-state index contributed by atoms with van der Waals surface area (Å²) in [5.74, 6) is 0. The molecular formula is C43H27NO. The molecule has 0 amide bonds. The van der Waals surface area contributed by atoms with Crippen molar-refractivity contribution >= 4 is 43.6 Å². The summed E-state index contributed by atoms with van der Waals surface area (Å²) in [6.45, 7) is 0. The third-order valence-electron chi connectivity index (χ3n) is 8.83. The summed E-state index contributed by atoms with van der Waals surface area (Å²) >= 11 is 0. The molecule has 0 N–H and O–H groups in total. The Balaban J connectivity index is 1.35. The van der Waals surface area contributed by atoms with E-state index in [-0.39, 0.29) is 0 Å². The van der Waals surface area contributed by atoms with Gasteiger partial charge in [0.05, 0.1) is 11.2 Å². The van der Waals surface area contributed by atoms with Crippen LogP contribution in [0.15, 0.2) is 168 Å². The fourth-order valence-corrected chi connectivity index (χ4v) is 6.71. The molecule has 0 fully saturated rings. The number of hydrogen-bond donors (Lipinski definition) is 0. The fraction of sp³-hybridized carbons (Fsp3) is 0. The van der Waals surface area contributed by atoms with Crippen LogP contribution in [0.5, 0.6) is 0 Å². The lowest BCUT2D eigenvalue weighted by Gasteiger charge is -2.11. The van der Waals surface area contributed by atoms with E-state index >= 15 is 0 Å². The third kappa shape index (κ3) is 4.22. The minimum absolute atomic E-state index is 0.895. The van der Waals surface area contributed by atoms with Crippen LogP contribution in [0.2, 0.25) is 0 Å². The van der Waals surface area contributed by atoms with E-state index in [1.54, 1.807) is 0 Å². The van der Waals surface area contributed by atoms with Crippen LogP contribution in [-0.2, 0) is 0 Å². The maximum Gasteiger partial charge on any atom is 0.144 e. The molecule has 2 heterocycles. The molecule has 0 radical (unpaired) electrons. The van der Waals surface area contributed by atoms with Crippen molar-refractivity contribution in [1.29, 1.82) is 0 Å². The van der Waals surface area contributed by atoms with Crippen molar-refractivity contribution in [2.75, 3.05) is 0 Å². The van der Waals surface area contributed by atoms with Crippen LogP contribution in [0.25, 0.3) is 88.3 Å². The largest absolute Gasteiger partial charge is 0.455 e. The lowest BCUT2D eigenvalue weighted by molar-refractivity contribution is 0.674. The molecule has 7 aromatic carbocycles. The molecule has 45 heavy (non-hydrogen) atoms. The maximum absolute atomic E-state index is 7.01. The standard InChI is InChI=1S/C43H27NO/c1-4-13-28(14-5-1)31-25-32(29-15-6-2-7-16-29)27-33(26-31)34-20-12-21-35-36-23-24-38-40(43(36)45-42(34)35)37-19-10-11-22-39(37)44-41(38)30-17-8-3-9-18-30/h1-27H. The first kappa shape index (κ1) is 25.5. The topological polar surface area (TPSA) is 26.0 Å². The lowest BCUT2D eigenvalue weighted by Crippen LogP contribution is -1.89. The number of hydrogen-bond acceptors (Lipinski definition) is 2. The van der Waals surface area contributed by atoms with Crippen molar-refractivity contribution in [1.82, 2.24) is 4.98 Å². The van der Waals surface area contributed by atoms with Crippen molar-refractivity contribution in [3.05, 3.63) is 164 Å². The van der Waals surface area contributed by atoms with Crippen molar-refractivity contribution in [2.24, 2.45) is 0 Å². The average Bonchev–Trinajstić information content (AvgIpc) is 3.51. The Morgan fingerprint density at radius 2 is 0.889 bits per heavy atom. The second kappa shape index (κ2) is 10.3. The van der Waals surface area contributed by atoms with E-state index in [1.165, 1.54) is 22.3 Å². The van der Waals surface area contributed by atoms with Gasteiger partial charge in [-0.25, -0.2) is 4.98 Å². The van der Waals surface area contributed by atoms with Crippen molar-refractivity contribution in [3.63, 3.8) is 0 Å². The van der Waals surface area contributed by atoms with Gasteiger partial charge in [0.1, 0.15) is 11.2 Å². The molecule has 2 aromatic heterocycles. The van der Waals surface area contributed by atoms with Gasteiger partial charge < -0.3 is 4.42 Å². The highest BCUT2D eigenvalue weighted by atomic mass is 16.3. The van der Waals surface area contributed by atoms with Gasteiger partial charge in [-0.15, -0.1) is 0 Å². The van der Waals surface area contributed by atoms with Gasteiger partial charge in [0, 0.05) is 38.1 Å². The molecule has 0 aliphatic carbocycles. The molecule has 0 aliphatic heterocycles. The van der Waals surface area contributed by atoms with E-state index in [1.807, 2.05) is 6.07 Å². The quantitative estimate of drug-likeness (QED) is 0.196. The first-order valence-electron chi connectivity index (χ1n) is 15.3. The van der Waals surface area contributed by atoms with Gasteiger partial charge in [-0.2, -0.15) is 0 Å². The molecule has 210 valence electrons. The van der Waals surface area contributed by atoms with Gasteiger partial charge in [-0.3, -0.25) is 0 Å². The molecule has 2 nitrogen and oxygen atoms in total. The fourth-order valence-electron chi connectivity index (χ4n) is 6.71. The van der Waals surface area contributed by atoms with Gasteiger partial charge in [0.15, 0.2) is 0 Å². The first-order chi connectivity index (χ1) is 22.3. The zero-order chi connectivity index (χ0) is 29.7. The van der Waals surface area contributed by atoms with Crippen LogP contribution in [0.3, 0.4) is 0 Å². The summed E-state index contributed by atoms with van der Waals surface area (Å²) in [4.78, 5) is 5.13. The molecule has 0 atom stereocenters. The molecule has 9 aromatic rings. The molecule has 0 unspecified atom stereocenters. The third-order valence-corrected chi connectivity index (χ3v) is 8.83. The maximum atomic E-state index is 7.01. The molecule has 0 aliphatic rings. The normalized spacial score (nSPS) is 11.6. The Labute approximate surface area is 260 Å². The van der Waals surface area contributed by atoms with E-state index in [9.17, 15) is 0 Å². The monoisotopic (exact) mass is 573 g/mol. The van der Waals surface area contributed by atoms with Crippen molar-refractivity contribution in [2.45, 2.75) is 0 Å². The van der Waals surface area contributed by atoms with Crippen molar-refractivity contribution in [3.8, 4) is 44.6 Å². The van der Waals surface area contributed by atoms with Crippen LogP contribution in [0, 0.1) is 0 Å². The highest BCUT2D eigenvalue weighted by Crippen LogP contribution is 2.43. The van der Waals surface area contributed by atoms with Crippen LogP contribution in [0.1, 0.15) is 0 Å². The van der Waals surface area contributed by atoms with Gasteiger partial charge in [-0.05, 0) is 58.1 Å². The predicted octanol–water partition coefficient (Wildman–Crippen LogP) is 12.0. The smallest absolute Gasteiger partial charge is 0.144 e. The molecule has 0 saturated carbocycles. The predicted molar refractivity (Wildman–Crippen MR) is 188 cm³/mol. The number of nitrogens with zero attached hydrogens (tertiary/aromatic N) is 1. The second-order valence-electron chi connectivity index (χ2n) is 11.5. The Kier molecular flexibility index (Phi) is 5.85. The van der Waals surface area contributed by atoms with Gasteiger partial charge in [0.25, 0.3) is 0 Å². The van der Waals surface area contributed by atoms with Crippen LogP contribution >= 0.6 is 0 Å². The molecule has 2 heteroatoms. The zero-order valence-corrected chi connectivity index (χ0v) is 24.4. The number of fused-ring (bicyclic) bond motifs is 7. The van der Waals surface area contributed by atoms with Gasteiger partial charge in [0.2, 0.25) is 0 Å². The van der Waals surface area contributed by atoms with E-state index in [0.717, 1.165) is 66.0 Å². The van der Waals surface area contributed by atoms with E-state index in [4.69, 9.17) is 9.40 Å².